The number of nitrogens with zero attached hydrogens (tertiary/aromatic N) is 3. The number of rotatable bonds is 2. The van der Waals surface area contributed by atoms with Crippen LogP contribution in [0.25, 0.3) is 5.57 Å². The summed E-state index contributed by atoms with van der Waals surface area (Å²) >= 11 is 0. The van der Waals surface area contributed by atoms with Crippen molar-refractivity contribution in [2.75, 3.05) is 0 Å². The van der Waals surface area contributed by atoms with E-state index < -0.39 is 0 Å². The van der Waals surface area contributed by atoms with Gasteiger partial charge in [0.05, 0.1) is 6.04 Å². The van der Waals surface area contributed by atoms with Crippen LogP contribution in [0.3, 0.4) is 0 Å². The monoisotopic (exact) mass is 177 g/mol. The number of hydrogen-bond donors (Lipinski definition) is 0. The molecule has 1 aliphatic heterocycles. The van der Waals surface area contributed by atoms with Gasteiger partial charge in [-0.1, -0.05) is 20.4 Å². The van der Waals surface area contributed by atoms with Crippen molar-refractivity contribution >= 4 is 5.57 Å². The maximum absolute atomic E-state index is 4.24. The van der Waals surface area contributed by atoms with E-state index in [0.29, 0.717) is 12.0 Å². The number of aromatic nitrogens is 3. The van der Waals surface area contributed by atoms with Crippen LogP contribution in [0, 0.1) is 5.92 Å². The molecule has 0 unspecified atom stereocenters. The Balaban J connectivity index is 2.43. The third-order valence-electron chi connectivity index (χ3n) is 2.94. The van der Waals surface area contributed by atoms with Crippen molar-refractivity contribution in [2.24, 2.45) is 5.92 Å². The van der Waals surface area contributed by atoms with Crippen molar-refractivity contribution < 1.29 is 0 Å². The Bertz CT molecular complexity index is 327. The highest BCUT2D eigenvalue weighted by molar-refractivity contribution is 5.63. The van der Waals surface area contributed by atoms with Crippen molar-refractivity contribution in [3.63, 3.8) is 0 Å². The quantitative estimate of drug-likeness (QED) is 0.693. The molecule has 0 fully saturated rings. The van der Waals surface area contributed by atoms with Gasteiger partial charge in [0.25, 0.3) is 0 Å². The van der Waals surface area contributed by atoms with E-state index >= 15 is 0 Å². The smallest absolute Gasteiger partial charge is 0.153 e. The average Bonchev–Trinajstić information content (AvgIpc) is 2.67. The van der Waals surface area contributed by atoms with Crippen molar-refractivity contribution in [1.29, 1.82) is 0 Å². The van der Waals surface area contributed by atoms with E-state index in [4.69, 9.17) is 0 Å². The van der Waals surface area contributed by atoms with Crippen molar-refractivity contribution in [1.82, 2.24) is 14.8 Å². The van der Waals surface area contributed by atoms with Gasteiger partial charge < -0.3 is 0 Å². The fourth-order valence-corrected chi connectivity index (χ4v) is 2.27. The van der Waals surface area contributed by atoms with Crippen molar-refractivity contribution in [3.05, 3.63) is 18.7 Å². The summed E-state index contributed by atoms with van der Waals surface area (Å²) in [7, 11) is 0. The van der Waals surface area contributed by atoms with Gasteiger partial charge in [-0.2, -0.15) is 5.10 Å². The summed E-state index contributed by atoms with van der Waals surface area (Å²) in [5.41, 5.74) is 1.16. The Labute approximate surface area is 78.5 Å². The number of hydrogen-bond acceptors (Lipinski definition) is 2. The number of allylic oxidation sites excluding steroid dienone is 1. The molecule has 0 amide bonds. The van der Waals surface area contributed by atoms with Crippen LogP contribution in [-0.4, -0.2) is 14.8 Å². The molecular formula is C10H15N3. The van der Waals surface area contributed by atoms with Crippen LogP contribution in [0.1, 0.15) is 38.6 Å². The third kappa shape index (κ3) is 1.03. The summed E-state index contributed by atoms with van der Waals surface area (Å²) in [5, 5.41) is 4.24. The molecule has 0 saturated carbocycles. The predicted octanol–water partition coefficient (Wildman–Crippen LogP) is 2.28. The van der Waals surface area contributed by atoms with Crippen molar-refractivity contribution in [2.45, 2.75) is 32.7 Å². The molecule has 1 aromatic heterocycles. The topological polar surface area (TPSA) is 30.7 Å². The summed E-state index contributed by atoms with van der Waals surface area (Å²) in [5.74, 6) is 1.53. The third-order valence-corrected chi connectivity index (χ3v) is 2.94. The van der Waals surface area contributed by atoms with Crippen LogP contribution in [0.5, 0.6) is 0 Å². The molecule has 2 rings (SSSR count). The second-order valence-corrected chi connectivity index (χ2v) is 3.54. The standard InChI is InChI=1S/C10H15N3/c1-4-8-7(3)10-11-6-12-13(10)9(8)5-2/h6,8-9H,3-5H2,1-2H3/t8-,9+/m1/s1. The number of fused-ring (bicyclic) bond motifs is 1. The van der Waals surface area contributed by atoms with E-state index in [2.05, 4.69) is 30.5 Å². The van der Waals surface area contributed by atoms with E-state index in [0.717, 1.165) is 24.2 Å². The predicted molar refractivity (Wildman–Crippen MR) is 52.2 cm³/mol. The highest BCUT2D eigenvalue weighted by Gasteiger charge is 2.34. The molecule has 3 heteroatoms. The summed E-state index contributed by atoms with van der Waals surface area (Å²) in [6, 6.07) is 0.481. The highest BCUT2D eigenvalue weighted by atomic mass is 15.4. The average molecular weight is 177 g/mol. The van der Waals surface area contributed by atoms with Gasteiger partial charge in [0.2, 0.25) is 0 Å². The van der Waals surface area contributed by atoms with Crippen LogP contribution in [0.15, 0.2) is 12.9 Å². The lowest BCUT2D eigenvalue weighted by Crippen LogP contribution is -2.11. The minimum Gasteiger partial charge on any atom is -0.242 e. The maximum atomic E-state index is 4.24. The van der Waals surface area contributed by atoms with Gasteiger partial charge in [-0.3, -0.25) is 0 Å². The molecule has 70 valence electrons. The lowest BCUT2D eigenvalue weighted by molar-refractivity contribution is 0.376. The zero-order chi connectivity index (χ0) is 9.42. The van der Waals surface area contributed by atoms with Crippen LogP contribution in [0.2, 0.25) is 0 Å². The Morgan fingerprint density at radius 3 is 2.85 bits per heavy atom. The van der Waals surface area contributed by atoms with Crippen molar-refractivity contribution in [3.8, 4) is 0 Å². The largest absolute Gasteiger partial charge is 0.242 e. The first-order chi connectivity index (χ1) is 6.29. The first-order valence-electron chi connectivity index (χ1n) is 4.88. The Morgan fingerprint density at radius 2 is 2.23 bits per heavy atom. The van der Waals surface area contributed by atoms with Crippen LogP contribution in [-0.2, 0) is 0 Å². The van der Waals surface area contributed by atoms with Gasteiger partial charge in [0.15, 0.2) is 5.82 Å². The lowest BCUT2D eigenvalue weighted by Gasteiger charge is -2.16. The van der Waals surface area contributed by atoms with Gasteiger partial charge in [-0.15, -0.1) is 0 Å². The van der Waals surface area contributed by atoms with E-state index in [1.807, 2.05) is 4.68 Å². The molecule has 0 radical (unpaired) electrons. The molecule has 0 saturated heterocycles. The molecule has 13 heavy (non-hydrogen) atoms. The van der Waals surface area contributed by atoms with E-state index in [1.165, 1.54) is 0 Å². The molecule has 2 atom stereocenters. The zero-order valence-corrected chi connectivity index (χ0v) is 8.20. The lowest BCUT2D eigenvalue weighted by atomic mass is 9.92. The molecule has 1 aromatic rings. The summed E-state index contributed by atoms with van der Waals surface area (Å²) in [4.78, 5) is 4.23. The van der Waals surface area contributed by atoms with Crippen LogP contribution in [0.4, 0.5) is 0 Å². The molecule has 1 aliphatic rings. The normalized spacial score (nSPS) is 26.5. The Kier molecular flexibility index (Phi) is 1.94. The first kappa shape index (κ1) is 8.48. The summed E-state index contributed by atoms with van der Waals surface area (Å²) in [6.45, 7) is 8.49. The molecule has 0 bridgehead atoms. The molecule has 0 N–H and O–H groups in total. The van der Waals surface area contributed by atoms with E-state index in [-0.39, 0.29) is 0 Å². The zero-order valence-electron chi connectivity index (χ0n) is 8.20. The van der Waals surface area contributed by atoms with Gasteiger partial charge in [-0.05, 0) is 18.4 Å². The molecule has 0 aliphatic carbocycles. The second kappa shape index (κ2) is 2.98. The second-order valence-electron chi connectivity index (χ2n) is 3.54. The summed E-state index contributed by atoms with van der Waals surface area (Å²) in [6.07, 6.45) is 3.85. The first-order valence-corrected chi connectivity index (χ1v) is 4.88. The maximum Gasteiger partial charge on any atom is 0.153 e. The fraction of sp³-hybridized carbons (Fsp3) is 0.600. The molecule has 3 nitrogen and oxygen atoms in total. The molecule has 2 heterocycles. The minimum atomic E-state index is 0.481. The van der Waals surface area contributed by atoms with Gasteiger partial charge in [0.1, 0.15) is 6.33 Å². The highest BCUT2D eigenvalue weighted by Crippen LogP contribution is 2.41. The van der Waals surface area contributed by atoms with Gasteiger partial charge in [-0.25, -0.2) is 9.67 Å². The Morgan fingerprint density at radius 1 is 1.46 bits per heavy atom. The Hall–Kier alpha value is -1.12. The van der Waals surface area contributed by atoms with Crippen LogP contribution < -0.4 is 0 Å². The minimum absolute atomic E-state index is 0.481. The van der Waals surface area contributed by atoms with Gasteiger partial charge >= 0.3 is 0 Å². The fourth-order valence-electron chi connectivity index (χ4n) is 2.27. The van der Waals surface area contributed by atoms with Crippen LogP contribution >= 0.6 is 0 Å². The van der Waals surface area contributed by atoms with E-state index in [9.17, 15) is 0 Å². The molecule has 0 spiro atoms. The van der Waals surface area contributed by atoms with Gasteiger partial charge in [0, 0.05) is 5.92 Å². The SMILES string of the molecule is C=C1c2ncnn2[C@@H](CC)[C@@H]1CC. The summed E-state index contributed by atoms with van der Waals surface area (Å²) < 4.78 is 2.02. The molecular weight excluding hydrogens is 162 g/mol. The molecule has 0 aromatic carbocycles. The van der Waals surface area contributed by atoms with E-state index in [1.54, 1.807) is 6.33 Å².